The van der Waals surface area contributed by atoms with Crippen molar-refractivity contribution >= 4 is 17.9 Å². The van der Waals surface area contributed by atoms with Crippen molar-refractivity contribution in [1.82, 2.24) is 35.6 Å². The predicted octanol–water partition coefficient (Wildman–Crippen LogP) is 1.95. The van der Waals surface area contributed by atoms with Crippen LogP contribution < -0.4 is 20.6 Å². The van der Waals surface area contributed by atoms with Crippen molar-refractivity contribution in [2.75, 3.05) is 38.6 Å². The van der Waals surface area contributed by atoms with Crippen LogP contribution in [0.2, 0.25) is 0 Å². The molecule has 3 heterocycles. The van der Waals surface area contributed by atoms with Crippen LogP contribution in [-0.4, -0.2) is 75.2 Å². The SMILES string of the molecule is CCOc1cc(/C=N/NC(=O)c2c(CN3CCOCC3)nnn2-c2nonc2N)ccc1OCc1ccc(F)cc1. The van der Waals surface area contributed by atoms with Crippen molar-refractivity contribution in [3.05, 3.63) is 70.8 Å². The summed E-state index contributed by atoms with van der Waals surface area (Å²) >= 11 is 0. The molecule has 5 rings (SSSR count). The molecular weight excluding hydrogens is 537 g/mol. The van der Waals surface area contributed by atoms with Crippen LogP contribution in [0.1, 0.15) is 34.2 Å². The number of hydrogen-bond donors (Lipinski definition) is 2. The van der Waals surface area contributed by atoms with Gasteiger partial charge in [0.05, 0.1) is 26.0 Å². The average molecular weight is 566 g/mol. The third kappa shape index (κ3) is 6.82. The van der Waals surface area contributed by atoms with Gasteiger partial charge in [0.1, 0.15) is 18.1 Å². The van der Waals surface area contributed by atoms with E-state index < -0.39 is 5.91 Å². The van der Waals surface area contributed by atoms with Crippen molar-refractivity contribution in [3.8, 4) is 17.3 Å². The van der Waals surface area contributed by atoms with Gasteiger partial charge in [0, 0.05) is 19.6 Å². The van der Waals surface area contributed by atoms with Gasteiger partial charge < -0.3 is 19.9 Å². The Morgan fingerprint density at radius 3 is 2.68 bits per heavy atom. The second-order valence-electron chi connectivity index (χ2n) is 8.91. The largest absolute Gasteiger partial charge is 0.490 e. The zero-order chi connectivity index (χ0) is 28.6. The summed E-state index contributed by atoms with van der Waals surface area (Å²) in [5, 5.41) is 19.7. The maximum atomic E-state index is 13.3. The predicted molar refractivity (Wildman–Crippen MR) is 143 cm³/mol. The van der Waals surface area contributed by atoms with Crippen LogP contribution in [0.3, 0.4) is 0 Å². The highest BCUT2D eigenvalue weighted by molar-refractivity contribution is 5.95. The van der Waals surface area contributed by atoms with E-state index in [1.54, 1.807) is 30.3 Å². The number of ether oxygens (including phenoxy) is 3. The number of aromatic nitrogens is 5. The summed E-state index contributed by atoms with van der Waals surface area (Å²) in [6.07, 6.45) is 1.46. The van der Waals surface area contributed by atoms with Gasteiger partial charge in [-0.1, -0.05) is 17.3 Å². The summed E-state index contributed by atoms with van der Waals surface area (Å²) in [7, 11) is 0. The second kappa shape index (κ2) is 13.0. The molecule has 0 spiro atoms. The number of morpholine rings is 1. The molecule has 1 aliphatic rings. The molecule has 0 radical (unpaired) electrons. The summed E-state index contributed by atoms with van der Waals surface area (Å²) in [5.41, 5.74) is 10.3. The third-order valence-electron chi connectivity index (χ3n) is 6.08. The van der Waals surface area contributed by atoms with Gasteiger partial charge in [0.15, 0.2) is 17.2 Å². The molecule has 1 amide bonds. The Morgan fingerprint density at radius 1 is 1.15 bits per heavy atom. The topological polar surface area (TPSA) is 168 Å². The van der Waals surface area contributed by atoms with Crippen LogP contribution in [0.5, 0.6) is 11.5 Å². The number of nitrogens with zero attached hydrogens (tertiary/aromatic N) is 7. The van der Waals surface area contributed by atoms with Crippen molar-refractivity contribution in [2.45, 2.75) is 20.1 Å². The molecular formula is C26H28FN9O5. The van der Waals surface area contributed by atoms with Crippen molar-refractivity contribution in [1.29, 1.82) is 0 Å². The Morgan fingerprint density at radius 2 is 1.95 bits per heavy atom. The van der Waals surface area contributed by atoms with E-state index in [-0.39, 0.29) is 29.8 Å². The Kier molecular flexibility index (Phi) is 8.76. The molecule has 0 aliphatic carbocycles. The summed E-state index contributed by atoms with van der Waals surface area (Å²) < 4.78 is 36.0. The third-order valence-corrected chi connectivity index (χ3v) is 6.08. The fourth-order valence-electron chi connectivity index (χ4n) is 4.06. The van der Waals surface area contributed by atoms with Gasteiger partial charge in [-0.25, -0.2) is 14.4 Å². The van der Waals surface area contributed by atoms with Crippen LogP contribution >= 0.6 is 0 Å². The lowest BCUT2D eigenvalue weighted by atomic mass is 10.2. The van der Waals surface area contributed by atoms with E-state index in [2.05, 4.69) is 40.7 Å². The standard InChI is InChI=1S/C26H28FN9O5/c1-2-39-22-13-18(5-8-21(22)40-16-17-3-6-19(27)7-4-17)14-29-31-26(37)23-20(15-35-9-11-38-12-10-35)30-34-36(23)25-24(28)32-41-33-25/h3-8,13-14H,2,9-12,15-16H2,1H3,(H2,28,32)(H,31,37)/b29-14+. The lowest BCUT2D eigenvalue weighted by molar-refractivity contribution is 0.0335. The molecule has 0 atom stereocenters. The Hall–Kier alpha value is -4.89. The summed E-state index contributed by atoms with van der Waals surface area (Å²) in [6.45, 7) is 5.40. The van der Waals surface area contributed by atoms with E-state index >= 15 is 0 Å². The van der Waals surface area contributed by atoms with Crippen LogP contribution in [0.4, 0.5) is 10.2 Å². The zero-order valence-electron chi connectivity index (χ0n) is 22.2. The highest BCUT2D eigenvalue weighted by atomic mass is 19.1. The Bertz CT molecular complexity index is 1500. The minimum atomic E-state index is -0.582. The molecule has 1 fully saturated rings. The first kappa shape index (κ1) is 27.7. The van der Waals surface area contributed by atoms with Crippen LogP contribution in [-0.2, 0) is 17.9 Å². The normalized spacial score (nSPS) is 13.9. The molecule has 2 aromatic carbocycles. The number of nitrogens with two attached hydrogens (primary N) is 1. The number of carbonyl (C=O) groups excluding carboxylic acids is 1. The van der Waals surface area contributed by atoms with E-state index in [9.17, 15) is 9.18 Å². The lowest BCUT2D eigenvalue weighted by Crippen LogP contribution is -2.36. The number of hydrazone groups is 1. The number of benzene rings is 2. The van der Waals surface area contributed by atoms with Crippen LogP contribution in [0.15, 0.2) is 52.2 Å². The van der Waals surface area contributed by atoms with Crippen molar-refractivity contribution < 1.29 is 28.0 Å². The summed E-state index contributed by atoms with van der Waals surface area (Å²) in [5.74, 6) is 0.106. The molecule has 0 bridgehead atoms. The van der Waals surface area contributed by atoms with Gasteiger partial charge in [-0.2, -0.15) is 9.78 Å². The maximum absolute atomic E-state index is 13.3. The molecule has 4 aromatic rings. The van der Waals surface area contributed by atoms with Gasteiger partial charge >= 0.3 is 0 Å². The van der Waals surface area contributed by atoms with E-state index in [0.717, 1.165) is 5.56 Å². The number of nitrogens with one attached hydrogen (secondary N) is 1. The van der Waals surface area contributed by atoms with Gasteiger partial charge in [-0.05, 0) is 58.7 Å². The number of halogens is 1. The monoisotopic (exact) mass is 565 g/mol. The minimum absolute atomic E-state index is 0.0393. The van der Waals surface area contributed by atoms with E-state index in [1.165, 1.54) is 23.0 Å². The van der Waals surface area contributed by atoms with Gasteiger partial charge in [-0.15, -0.1) is 5.10 Å². The molecule has 2 aromatic heterocycles. The number of amides is 1. The fourth-order valence-corrected chi connectivity index (χ4v) is 4.06. The first-order chi connectivity index (χ1) is 20.0. The van der Waals surface area contributed by atoms with Crippen molar-refractivity contribution in [2.24, 2.45) is 5.10 Å². The zero-order valence-corrected chi connectivity index (χ0v) is 22.2. The highest BCUT2D eigenvalue weighted by Crippen LogP contribution is 2.29. The molecule has 3 N–H and O–H groups in total. The number of carbonyl (C=O) groups is 1. The van der Waals surface area contributed by atoms with E-state index in [0.29, 0.717) is 62.2 Å². The van der Waals surface area contributed by atoms with Gasteiger partial charge in [0.2, 0.25) is 11.6 Å². The lowest BCUT2D eigenvalue weighted by Gasteiger charge is -2.25. The molecule has 214 valence electrons. The Labute approximate surface area is 233 Å². The summed E-state index contributed by atoms with van der Waals surface area (Å²) in [6, 6.07) is 11.3. The average Bonchev–Trinajstić information content (AvgIpc) is 3.59. The minimum Gasteiger partial charge on any atom is -0.490 e. The van der Waals surface area contributed by atoms with Gasteiger partial charge in [-0.3, -0.25) is 9.69 Å². The maximum Gasteiger partial charge on any atom is 0.292 e. The smallest absolute Gasteiger partial charge is 0.292 e. The van der Waals surface area contributed by atoms with E-state index in [4.69, 9.17) is 19.9 Å². The number of hydrogen-bond acceptors (Lipinski definition) is 12. The Balaban J connectivity index is 1.30. The molecule has 1 saturated heterocycles. The van der Waals surface area contributed by atoms with Crippen LogP contribution in [0.25, 0.3) is 5.82 Å². The fraction of sp³-hybridized carbons (Fsp3) is 0.308. The number of nitrogen functional groups attached to an aromatic ring is 1. The quantitative estimate of drug-likeness (QED) is 0.201. The first-order valence-corrected chi connectivity index (χ1v) is 12.8. The molecule has 41 heavy (non-hydrogen) atoms. The van der Waals surface area contributed by atoms with Gasteiger partial charge in [0.25, 0.3) is 5.91 Å². The van der Waals surface area contributed by atoms with Crippen molar-refractivity contribution in [3.63, 3.8) is 0 Å². The molecule has 15 heteroatoms. The van der Waals surface area contributed by atoms with E-state index in [1.807, 2.05) is 6.92 Å². The summed E-state index contributed by atoms with van der Waals surface area (Å²) in [4.78, 5) is 15.4. The molecule has 14 nitrogen and oxygen atoms in total. The number of rotatable bonds is 11. The number of anilines is 1. The van der Waals surface area contributed by atoms with Crippen LogP contribution in [0, 0.1) is 5.82 Å². The molecule has 1 aliphatic heterocycles. The second-order valence-corrected chi connectivity index (χ2v) is 8.91. The first-order valence-electron chi connectivity index (χ1n) is 12.8. The molecule has 0 saturated carbocycles. The highest BCUT2D eigenvalue weighted by Gasteiger charge is 2.26. The molecule has 0 unspecified atom stereocenters.